The lowest BCUT2D eigenvalue weighted by Gasteiger charge is -2.09. The molecule has 1 aliphatic heterocycles. The first-order valence-corrected chi connectivity index (χ1v) is 4.45. The maximum absolute atomic E-state index is 11.5. The van der Waals surface area contributed by atoms with E-state index in [-0.39, 0.29) is 11.6 Å². The van der Waals surface area contributed by atoms with Crippen molar-refractivity contribution in [3.63, 3.8) is 0 Å². The first kappa shape index (κ1) is 9.02. The monoisotopic (exact) mass is 209 g/mol. The van der Waals surface area contributed by atoms with Crippen LogP contribution in [0.25, 0.3) is 0 Å². The molecule has 0 saturated carbocycles. The van der Waals surface area contributed by atoms with E-state index in [4.69, 9.17) is 17.3 Å². The molecule has 0 fully saturated rings. The summed E-state index contributed by atoms with van der Waals surface area (Å²) in [6.07, 6.45) is 0. The Morgan fingerprint density at radius 1 is 1.43 bits per heavy atom. The van der Waals surface area contributed by atoms with Crippen LogP contribution in [0.5, 0.6) is 0 Å². The summed E-state index contributed by atoms with van der Waals surface area (Å²) in [7, 11) is 0. The molecule has 0 amide bonds. The number of amidine groups is 1. The minimum Gasteiger partial charge on any atom is -0.379 e. The van der Waals surface area contributed by atoms with Crippen molar-refractivity contribution in [2.75, 3.05) is 0 Å². The van der Waals surface area contributed by atoms with Crippen LogP contribution in [-0.4, -0.2) is 11.6 Å². The molecule has 2 rings (SSSR count). The Kier molecular flexibility index (Phi) is 2.13. The van der Waals surface area contributed by atoms with Crippen molar-refractivity contribution >= 4 is 23.2 Å². The second kappa shape index (κ2) is 3.31. The predicted molar refractivity (Wildman–Crippen MR) is 54.0 cm³/mol. The molecule has 1 unspecified atom stereocenters. The summed E-state index contributed by atoms with van der Waals surface area (Å²) >= 11 is 5.93. The van der Waals surface area contributed by atoms with Gasteiger partial charge in [-0.05, 0) is 6.07 Å². The predicted octanol–water partition coefficient (Wildman–Crippen LogP) is 0.826. The Balaban J connectivity index is 2.35. The van der Waals surface area contributed by atoms with Crippen LogP contribution >= 0.6 is 11.6 Å². The lowest BCUT2D eigenvalue weighted by atomic mass is 10.0. The minimum atomic E-state index is -0.538. The average Bonchev–Trinajstić information content (AvgIpc) is 2.49. The first-order chi connectivity index (χ1) is 6.70. The third-order valence-corrected chi connectivity index (χ3v) is 2.39. The molecule has 1 aromatic rings. The lowest BCUT2D eigenvalue weighted by Crippen LogP contribution is -2.25. The van der Waals surface area contributed by atoms with E-state index in [9.17, 15) is 4.79 Å². The van der Waals surface area contributed by atoms with Crippen molar-refractivity contribution in [3.8, 4) is 0 Å². The number of hydrazone groups is 1. The van der Waals surface area contributed by atoms with Crippen molar-refractivity contribution in [1.29, 1.82) is 0 Å². The summed E-state index contributed by atoms with van der Waals surface area (Å²) in [5, 5.41) is 4.18. The SMILES string of the molecule is NC1=NNC(c2ccccc2Cl)C1=O. The molecule has 0 bridgehead atoms. The number of Topliss-reactive ketones (excluding diaryl/α,β-unsaturated/α-hetero) is 1. The van der Waals surface area contributed by atoms with E-state index in [1.54, 1.807) is 18.2 Å². The van der Waals surface area contributed by atoms with E-state index in [0.29, 0.717) is 10.6 Å². The topological polar surface area (TPSA) is 67.5 Å². The number of ketones is 1. The van der Waals surface area contributed by atoms with Gasteiger partial charge in [0.05, 0.1) is 0 Å². The van der Waals surface area contributed by atoms with Crippen LogP contribution in [0.1, 0.15) is 11.6 Å². The van der Waals surface area contributed by atoms with Crippen molar-refractivity contribution < 1.29 is 4.79 Å². The Morgan fingerprint density at radius 2 is 2.14 bits per heavy atom. The summed E-state index contributed by atoms with van der Waals surface area (Å²) in [5.74, 6) is -0.243. The van der Waals surface area contributed by atoms with Crippen LogP contribution in [-0.2, 0) is 4.79 Å². The van der Waals surface area contributed by atoms with Crippen LogP contribution in [0.2, 0.25) is 5.02 Å². The largest absolute Gasteiger partial charge is 0.379 e. The third-order valence-electron chi connectivity index (χ3n) is 2.04. The molecule has 14 heavy (non-hydrogen) atoms. The van der Waals surface area contributed by atoms with Crippen LogP contribution < -0.4 is 11.2 Å². The number of carbonyl (C=O) groups is 1. The van der Waals surface area contributed by atoms with Gasteiger partial charge in [-0.2, -0.15) is 5.10 Å². The highest BCUT2D eigenvalue weighted by Gasteiger charge is 2.29. The molecule has 1 aromatic carbocycles. The molecule has 4 nitrogen and oxygen atoms in total. The molecular weight excluding hydrogens is 202 g/mol. The summed E-state index contributed by atoms with van der Waals surface area (Å²) in [5.41, 5.74) is 8.69. The van der Waals surface area contributed by atoms with Crippen LogP contribution in [0, 0.1) is 0 Å². The zero-order valence-electron chi connectivity index (χ0n) is 7.20. The number of carbonyl (C=O) groups excluding carboxylic acids is 1. The Hall–Kier alpha value is -1.55. The van der Waals surface area contributed by atoms with E-state index in [2.05, 4.69) is 10.5 Å². The smallest absolute Gasteiger partial charge is 0.227 e. The van der Waals surface area contributed by atoms with Gasteiger partial charge in [0.2, 0.25) is 5.78 Å². The number of benzene rings is 1. The molecule has 0 aromatic heterocycles. The van der Waals surface area contributed by atoms with Gasteiger partial charge in [0.25, 0.3) is 0 Å². The molecule has 0 aliphatic carbocycles. The Labute approximate surface area is 85.7 Å². The fourth-order valence-electron chi connectivity index (χ4n) is 1.32. The summed E-state index contributed by atoms with van der Waals surface area (Å²) in [6.45, 7) is 0. The molecular formula is C9H8ClN3O. The van der Waals surface area contributed by atoms with Crippen LogP contribution in [0.15, 0.2) is 29.4 Å². The first-order valence-electron chi connectivity index (χ1n) is 4.07. The number of nitrogens with zero attached hydrogens (tertiary/aromatic N) is 1. The minimum absolute atomic E-state index is 0.00470. The van der Waals surface area contributed by atoms with Gasteiger partial charge in [0.15, 0.2) is 5.84 Å². The normalized spacial score (nSPS) is 20.5. The molecule has 3 N–H and O–H groups in total. The summed E-state index contributed by atoms with van der Waals surface area (Å²) in [4.78, 5) is 11.5. The second-order valence-corrected chi connectivity index (χ2v) is 3.35. The Bertz CT molecular complexity index is 416. The lowest BCUT2D eigenvalue weighted by molar-refractivity contribution is -0.114. The highest BCUT2D eigenvalue weighted by Crippen LogP contribution is 2.25. The maximum atomic E-state index is 11.5. The molecule has 1 aliphatic rings. The molecule has 1 heterocycles. The van der Waals surface area contributed by atoms with E-state index in [0.717, 1.165) is 0 Å². The van der Waals surface area contributed by atoms with Crippen LogP contribution in [0.3, 0.4) is 0 Å². The van der Waals surface area contributed by atoms with Gasteiger partial charge in [-0.1, -0.05) is 29.8 Å². The third kappa shape index (κ3) is 1.33. The zero-order valence-corrected chi connectivity index (χ0v) is 7.95. The van der Waals surface area contributed by atoms with Gasteiger partial charge < -0.3 is 5.73 Å². The molecule has 0 saturated heterocycles. The molecule has 0 radical (unpaired) electrons. The van der Waals surface area contributed by atoms with Gasteiger partial charge in [0, 0.05) is 10.6 Å². The zero-order chi connectivity index (χ0) is 10.1. The quantitative estimate of drug-likeness (QED) is 0.720. The van der Waals surface area contributed by atoms with Gasteiger partial charge in [0.1, 0.15) is 6.04 Å². The molecule has 5 heteroatoms. The van der Waals surface area contributed by atoms with E-state index >= 15 is 0 Å². The summed E-state index contributed by atoms with van der Waals surface area (Å²) in [6, 6.07) is 6.57. The molecule has 0 spiro atoms. The van der Waals surface area contributed by atoms with E-state index in [1.807, 2.05) is 6.07 Å². The van der Waals surface area contributed by atoms with Crippen molar-refractivity contribution in [2.24, 2.45) is 10.8 Å². The van der Waals surface area contributed by atoms with Gasteiger partial charge in [-0.25, -0.2) is 0 Å². The summed E-state index contributed by atoms with van der Waals surface area (Å²) < 4.78 is 0. The van der Waals surface area contributed by atoms with Gasteiger partial charge >= 0.3 is 0 Å². The number of hydrogen-bond acceptors (Lipinski definition) is 4. The van der Waals surface area contributed by atoms with Crippen LogP contribution in [0.4, 0.5) is 0 Å². The number of hydrogen-bond donors (Lipinski definition) is 2. The standard InChI is InChI=1S/C9H8ClN3O/c10-6-4-2-1-3-5(6)7-8(14)9(11)13-12-7/h1-4,7,12H,(H2,11,13). The number of rotatable bonds is 1. The number of nitrogens with one attached hydrogen (secondary N) is 1. The van der Waals surface area contributed by atoms with Gasteiger partial charge in [-0.15, -0.1) is 0 Å². The number of halogens is 1. The Morgan fingerprint density at radius 3 is 2.71 bits per heavy atom. The van der Waals surface area contributed by atoms with E-state index in [1.165, 1.54) is 0 Å². The fourth-order valence-corrected chi connectivity index (χ4v) is 1.56. The average molecular weight is 210 g/mol. The van der Waals surface area contributed by atoms with E-state index < -0.39 is 6.04 Å². The van der Waals surface area contributed by atoms with Crippen molar-refractivity contribution in [2.45, 2.75) is 6.04 Å². The highest BCUT2D eigenvalue weighted by atomic mass is 35.5. The fraction of sp³-hybridized carbons (Fsp3) is 0.111. The van der Waals surface area contributed by atoms with Crippen molar-refractivity contribution in [3.05, 3.63) is 34.9 Å². The second-order valence-electron chi connectivity index (χ2n) is 2.94. The van der Waals surface area contributed by atoms with Gasteiger partial charge in [-0.3, -0.25) is 10.2 Å². The van der Waals surface area contributed by atoms with Crippen molar-refractivity contribution in [1.82, 2.24) is 5.43 Å². The molecule has 1 atom stereocenters. The molecule has 72 valence electrons. The highest BCUT2D eigenvalue weighted by molar-refractivity contribution is 6.42. The number of nitrogens with two attached hydrogens (primary N) is 1. The maximum Gasteiger partial charge on any atom is 0.227 e.